The maximum atomic E-state index is 13.5. The van der Waals surface area contributed by atoms with Gasteiger partial charge in [-0.2, -0.15) is 0 Å². The number of aromatic hydroxyl groups is 1. The Kier molecular flexibility index (Phi) is 8.92. The molecule has 0 spiro atoms. The Morgan fingerprint density at radius 3 is 2.35 bits per heavy atom. The van der Waals surface area contributed by atoms with E-state index in [0.717, 1.165) is 17.2 Å². The SMILES string of the molecule is CCCOC(=O)[C@H]1[C@H](C(=O)OCC[Si](C)(C)C)C2CC(=NOCc3ccc([N+](=O)[O-])cc3)[C@H]1c1cc(O)ccc12. The summed E-state index contributed by atoms with van der Waals surface area (Å²) in [5.74, 6) is -3.53. The Hall–Kier alpha value is -3.73. The molecular formula is C29H36N2O8Si. The molecule has 0 radical (unpaired) electrons. The molecule has 0 heterocycles. The van der Waals surface area contributed by atoms with E-state index in [1.54, 1.807) is 30.3 Å². The zero-order valence-electron chi connectivity index (χ0n) is 23.3. The fourth-order valence-corrected chi connectivity index (χ4v) is 6.15. The summed E-state index contributed by atoms with van der Waals surface area (Å²) in [7, 11) is -1.44. The summed E-state index contributed by atoms with van der Waals surface area (Å²) in [6.45, 7) is 9.11. The van der Waals surface area contributed by atoms with Gasteiger partial charge in [0.2, 0.25) is 0 Å². The largest absolute Gasteiger partial charge is 0.508 e. The first kappa shape index (κ1) is 29.3. The van der Waals surface area contributed by atoms with Gasteiger partial charge in [0, 0.05) is 32.0 Å². The summed E-state index contributed by atoms with van der Waals surface area (Å²) < 4.78 is 11.3. The molecule has 1 fully saturated rings. The fraction of sp³-hybridized carbons (Fsp3) is 0.483. The van der Waals surface area contributed by atoms with Gasteiger partial charge in [0.15, 0.2) is 0 Å². The maximum absolute atomic E-state index is 13.5. The number of rotatable bonds is 11. The standard InChI is InChI=1S/C29H36N2O8Si/c1-5-12-37-29(34)27-25-22-15-20(32)10-11-21(22)23(26(27)28(33)38-13-14-40(2,3)4)16-24(25)30-39-17-18-6-8-19(9-7-18)31(35)36/h6-11,15,23,25-27,32H,5,12-14,16-17H2,1-4H3/t23?,25-,26-,27-/m1/s1. The lowest BCUT2D eigenvalue weighted by Gasteiger charge is -2.47. The molecule has 2 aromatic carbocycles. The molecule has 11 heteroatoms. The molecule has 40 heavy (non-hydrogen) atoms. The quantitative estimate of drug-likeness (QED) is 0.162. The number of phenols is 1. The lowest BCUT2D eigenvalue weighted by Crippen LogP contribution is -2.51. The van der Waals surface area contributed by atoms with Crippen molar-refractivity contribution in [1.82, 2.24) is 0 Å². The summed E-state index contributed by atoms with van der Waals surface area (Å²) in [4.78, 5) is 43.1. The molecule has 3 aliphatic carbocycles. The van der Waals surface area contributed by atoms with Gasteiger partial charge in [0.1, 0.15) is 12.4 Å². The van der Waals surface area contributed by atoms with Gasteiger partial charge in [-0.25, -0.2) is 0 Å². The Morgan fingerprint density at radius 1 is 1.02 bits per heavy atom. The second-order valence-electron chi connectivity index (χ2n) is 11.6. The summed E-state index contributed by atoms with van der Waals surface area (Å²) >= 11 is 0. The number of esters is 2. The van der Waals surface area contributed by atoms with Gasteiger partial charge < -0.3 is 19.4 Å². The second kappa shape index (κ2) is 12.2. The number of nitro benzene ring substituents is 1. The number of carbonyl (C=O) groups excluding carboxylic acids is 2. The number of benzene rings is 2. The van der Waals surface area contributed by atoms with E-state index in [2.05, 4.69) is 24.8 Å². The zero-order valence-corrected chi connectivity index (χ0v) is 24.3. The minimum absolute atomic E-state index is 0.0210. The van der Waals surface area contributed by atoms with E-state index < -0.39 is 48.6 Å². The number of hydrogen-bond donors (Lipinski definition) is 1. The van der Waals surface area contributed by atoms with E-state index in [9.17, 15) is 24.8 Å². The van der Waals surface area contributed by atoms with Crippen molar-refractivity contribution in [1.29, 1.82) is 0 Å². The molecule has 4 atom stereocenters. The highest BCUT2D eigenvalue weighted by Gasteiger charge is 2.57. The molecule has 0 aliphatic heterocycles. The molecule has 1 saturated carbocycles. The van der Waals surface area contributed by atoms with Gasteiger partial charge in [-0.1, -0.05) is 37.8 Å². The van der Waals surface area contributed by atoms with Crippen molar-refractivity contribution in [3.63, 3.8) is 0 Å². The Labute approximate surface area is 234 Å². The van der Waals surface area contributed by atoms with Crippen LogP contribution in [0, 0.1) is 22.0 Å². The summed E-state index contributed by atoms with van der Waals surface area (Å²) in [6.07, 6.45) is 1.02. The zero-order chi connectivity index (χ0) is 29.0. The molecule has 2 aromatic rings. The van der Waals surface area contributed by atoms with E-state index in [-0.39, 0.29) is 24.7 Å². The predicted molar refractivity (Wildman–Crippen MR) is 151 cm³/mol. The van der Waals surface area contributed by atoms with Crippen molar-refractivity contribution in [2.45, 2.75) is 63.9 Å². The van der Waals surface area contributed by atoms with E-state index in [1.165, 1.54) is 12.1 Å². The lowest BCUT2D eigenvalue weighted by atomic mass is 9.55. The van der Waals surface area contributed by atoms with E-state index >= 15 is 0 Å². The van der Waals surface area contributed by atoms with Crippen molar-refractivity contribution in [2.75, 3.05) is 13.2 Å². The third-order valence-electron chi connectivity index (χ3n) is 7.42. The minimum atomic E-state index is -1.44. The first-order valence-corrected chi connectivity index (χ1v) is 17.3. The number of ether oxygens (including phenoxy) is 2. The Bertz CT molecular complexity index is 1290. The molecule has 5 rings (SSSR count). The first-order valence-electron chi connectivity index (χ1n) is 13.6. The molecule has 2 bridgehead atoms. The molecule has 0 amide bonds. The van der Waals surface area contributed by atoms with Crippen molar-refractivity contribution in [2.24, 2.45) is 17.0 Å². The number of nitro groups is 1. The molecule has 0 aromatic heterocycles. The van der Waals surface area contributed by atoms with Crippen LogP contribution in [0.25, 0.3) is 0 Å². The van der Waals surface area contributed by atoms with Crippen LogP contribution >= 0.6 is 0 Å². The van der Waals surface area contributed by atoms with Gasteiger partial charge in [0.25, 0.3) is 5.69 Å². The van der Waals surface area contributed by atoms with E-state index in [1.807, 2.05) is 6.92 Å². The number of carbonyl (C=O) groups is 2. The average Bonchev–Trinajstić information content (AvgIpc) is 2.90. The third-order valence-corrected chi connectivity index (χ3v) is 9.13. The lowest BCUT2D eigenvalue weighted by molar-refractivity contribution is -0.384. The third kappa shape index (κ3) is 6.52. The summed E-state index contributed by atoms with van der Waals surface area (Å²) in [5.41, 5.74) is 2.85. The van der Waals surface area contributed by atoms with Crippen LogP contribution in [0.1, 0.15) is 48.3 Å². The van der Waals surface area contributed by atoms with E-state index in [4.69, 9.17) is 14.3 Å². The van der Waals surface area contributed by atoms with Crippen molar-refractivity contribution < 1.29 is 33.9 Å². The average molecular weight is 569 g/mol. The van der Waals surface area contributed by atoms with Crippen LogP contribution in [-0.4, -0.2) is 49.0 Å². The van der Waals surface area contributed by atoms with Gasteiger partial charge in [-0.15, -0.1) is 0 Å². The van der Waals surface area contributed by atoms with Gasteiger partial charge in [-0.3, -0.25) is 19.7 Å². The minimum Gasteiger partial charge on any atom is -0.508 e. The highest BCUT2D eigenvalue weighted by molar-refractivity contribution is 6.76. The summed E-state index contributed by atoms with van der Waals surface area (Å²) in [6, 6.07) is 11.8. The molecule has 0 saturated heterocycles. The number of nitrogens with zero attached hydrogens (tertiary/aromatic N) is 2. The molecule has 10 nitrogen and oxygen atoms in total. The highest BCUT2D eigenvalue weighted by atomic mass is 28.3. The van der Waals surface area contributed by atoms with Crippen LogP contribution in [0.5, 0.6) is 5.75 Å². The molecule has 3 aliphatic rings. The number of oxime groups is 1. The van der Waals surface area contributed by atoms with Crippen molar-refractivity contribution in [3.05, 3.63) is 69.3 Å². The fourth-order valence-electron chi connectivity index (χ4n) is 5.43. The topological polar surface area (TPSA) is 138 Å². The van der Waals surface area contributed by atoms with Crippen molar-refractivity contribution in [3.8, 4) is 5.75 Å². The maximum Gasteiger partial charge on any atom is 0.310 e. The smallest absolute Gasteiger partial charge is 0.310 e. The molecule has 214 valence electrons. The monoisotopic (exact) mass is 568 g/mol. The van der Waals surface area contributed by atoms with Crippen molar-refractivity contribution >= 4 is 31.4 Å². The number of fused-ring (bicyclic) bond motifs is 2. The Morgan fingerprint density at radius 2 is 1.70 bits per heavy atom. The van der Waals surface area contributed by atoms with Gasteiger partial charge in [0.05, 0.1) is 35.7 Å². The summed E-state index contributed by atoms with van der Waals surface area (Å²) in [5, 5.41) is 25.6. The number of hydrogen-bond acceptors (Lipinski definition) is 9. The van der Waals surface area contributed by atoms with Crippen LogP contribution in [-0.2, 0) is 30.5 Å². The van der Waals surface area contributed by atoms with Gasteiger partial charge in [-0.05, 0) is 59.8 Å². The molecular weight excluding hydrogens is 532 g/mol. The number of phenolic OH excluding ortho intramolecular Hbond substituents is 1. The van der Waals surface area contributed by atoms with Gasteiger partial charge >= 0.3 is 11.9 Å². The van der Waals surface area contributed by atoms with Crippen LogP contribution < -0.4 is 0 Å². The normalized spacial score (nSPS) is 22.4. The second-order valence-corrected chi connectivity index (χ2v) is 17.2. The molecule has 1 unspecified atom stereocenters. The van der Waals surface area contributed by atoms with Crippen LogP contribution in [0.15, 0.2) is 47.6 Å². The van der Waals surface area contributed by atoms with E-state index in [0.29, 0.717) is 30.7 Å². The first-order chi connectivity index (χ1) is 19.0. The Balaban J connectivity index is 1.65. The predicted octanol–water partition coefficient (Wildman–Crippen LogP) is 5.52. The van der Waals surface area contributed by atoms with Crippen LogP contribution in [0.3, 0.4) is 0 Å². The van der Waals surface area contributed by atoms with Crippen LogP contribution in [0.4, 0.5) is 5.69 Å². The van der Waals surface area contributed by atoms with Crippen LogP contribution in [0.2, 0.25) is 25.7 Å². The molecule has 1 N–H and O–H groups in total. The number of non-ortho nitro benzene ring substituents is 1. The highest BCUT2D eigenvalue weighted by Crippen LogP contribution is 2.56.